The summed E-state index contributed by atoms with van der Waals surface area (Å²) in [5.74, 6) is 1.59. The van der Waals surface area contributed by atoms with Crippen molar-refractivity contribution >= 4 is 5.96 Å². The van der Waals surface area contributed by atoms with Crippen molar-refractivity contribution in [2.45, 2.75) is 83.1 Å². The maximum atomic E-state index is 5.95. The zero-order chi connectivity index (χ0) is 16.9. The Bertz CT molecular complexity index is 418. The molecule has 4 atom stereocenters. The summed E-state index contributed by atoms with van der Waals surface area (Å²) in [6.45, 7) is 8.15. The van der Waals surface area contributed by atoms with Crippen LogP contribution in [-0.2, 0) is 4.74 Å². The molecule has 0 aromatic rings. The van der Waals surface area contributed by atoms with Gasteiger partial charge >= 0.3 is 0 Å². The number of ether oxygens (including phenoxy) is 1. The Balaban J connectivity index is 1.50. The summed E-state index contributed by atoms with van der Waals surface area (Å²) in [7, 11) is 1.87. The fourth-order valence-corrected chi connectivity index (χ4v) is 4.57. The van der Waals surface area contributed by atoms with Crippen LogP contribution in [0.3, 0.4) is 0 Å². The number of fused-ring (bicyclic) bond motifs is 2. The maximum absolute atomic E-state index is 5.95. The van der Waals surface area contributed by atoms with Gasteiger partial charge < -0.3 is 15.4 Å². The quantitative estimate of drug-likeness (QED) is 0.598. The predicted octanol–water partition coefficient (Wildman–Crippen LogP) is 2.37. The van der Waals surface area contributed by atoms with E-state index in [0.717, 1.165) is 18.9 Å². The highest BCUT2D eigenvalue weighted by atomic mass is 16.5. The first kappa shape index (κ1) is 18.0. The van der Waals surface area contributed by atoms with Gasteiger partial charge in [0.05, 0.1) is 18.2 Å². The average Bonchev–Trinajstić information content (AvgIpc) is 3.08. The van der Waals surface area contributed by atoms with E-state index >= 15 is 0 Å². The van der Waals surface area contributed by atoms with Crippen molar-refractivity contribution < 1.29 is 4.74 Å². The van der Waals surface area contributed by atoms with Crippen LogP contribution in [-0.4, -0.2) is 61.8 Å². The summed E-state index contributed by atoms with van der Waals surface area (Å²) >= 11 is 0. The molecule has 3 fully saturated rings. The molecule has 138 valence electrons. The Morgan fingerprint density at radius 2 is 1.92 bits per heavy atom. The number of hydrogen-bond donors (Lipinski definition) is 2. The minimum atomic E-state index is 0.389. The molecule has 3 aliphatic heterocycles. The van der Waals surface area contributed by atoms with Crippen LogP contribution in [0.15, 0.2) is 4.99 Å². The van der Waals surface area contributed by atoms with Crippen LogP contribution in [0.25, 0.3) is 0 Å². The largest absolute Gasteiger partial charge is 0.373 e. The second kappa shape index (κ2) is 8.52. The molecular weight excluding hydrogens is 300 g/mol. The van der Waals surface area contributed by atoms with Crippen molar-refractivity contribution in [1.82, 2.24) is 15.5 Å². The number of nitrogens with zero attached hydrogens (tertiary/aromatic N) is 2. The Morgan fingerprint density at radius 3 is 2.46 bits per heavy atom. The molecule has 5 nitrogen and oxygen atoms in total. The second-order valence-electron chi connectivity index (χ2n) is 8.08. The van der Waals surface area contributed by atoms with Gasteiger partial charge in [0, 0.05) is 19.6 Å². The van der Waals surface area contributed by atoms with E-state index < -0.39 is 0 Å². The first-order chi connectivity index (χ1) is 11.7. The lowest BCUT2D eigenvalue weighted by Crippen LogP contribution is -2.52. The van der Waals surface area contributed by atoms with Crippen LogP contribution >= 0.6 is 0 Å². The van der Waals surface area contributed by atoms with Gasteiger partial charge in [-0.1, -0.05) is 26.7 Å². The third-order valence-electron chi connectivity index (χ3n) is 6.01. The number of aliphatic imine (C=N–C) groups is 1. The monoisotopic (exact) mass is 336 g/mol. The summed E-state index contributed by atoms with van der Waals surface area (Å²) < 4.78 is 5.95. The third-order valence-corrected chi connectivity index (χ3v) is 6.01. The molecule has 0 spiro atoms. The van der Waals surface area contributed by atoms with Crippen LogP contribution in [0.1, 0.15) is 58.8 Å². The van der Waals surface area contributed by atoms with Gasteiger partial charge in [0.2, 0.25) is 0 Å². The molecule has 3 saturated heterocycles. The molecule has 24 heavy (non-hydrogen) atoms. The molecule has 0 aliphatic carbocycles. The molecular formula is C19H36N4O. The Morgan fingerprint density at radius 1 is 1.17 bits per heavy atom. The molecule has 0 radical (unpaired) electrons. The van der Waals surface area contributed by atoms with E-state index in [1.54, 1.807) is 0 Å². The van der Waals surface area contributed by atoms with Gasteiger partial charge in [-0.3, -0.25) is 9.89 Å². The van der Waals surface area contributed by atoms with E-state index in [1.807, 2.05) is 7.05 Å². The van der Waals surface area contributed by atoms with Gasteiger partial charge in [0.15, 0.2) is 5.96 Å². The van der Waals surface area contributed by atoms with Gasteiger partial charge in [0.1, 0.15) is 0 Å². The Kier molecular flexibility index (Phi) is 6.39. The van der Waals surface area contributed by atoms with E-state index in [2.05, 4.69) is 34.4 Å². The number of likely N-dealkylation sites (tertiary alicyclic amines) is 1. The first-order valence-electron chi connectivity index (χ1n) is 10.0. The number of nitrogens with one attached hydrogen (secondary N) is 2. The van der Waals surface area contributed by atoms with Gasteiger partial charge in [-0.15, -0.1) is 0 Å². The summed E-state index contributed by atoms with van der Waals surface area (Å²) in [4.78, 5) is 7.14. The van der Waals surface area contributed by atoms with Gasteiger partial charge in [-0.2, -0.15) is 0 Å². The third kappa shape index (κ3) is 4.42. The molecule has 4 unspecified atom stereocenters. The van der Waals surface area contributed by atoms with E-state index in [1.165, 1.54) is 51.6 Å². The van der Waals surface area contributed by atoms with E-state index in [-0.39, 0.29) is 0 Å². The molecule has 0 aromatic heterocycles. The normalized spacial score (nSPS) is 32.8. The lowest BCUT2D eigenvalue weighted by Gasteiger charge is -2.34. The zero-order valence-electron chi connectivity index (χ0n) is 15.8. The molecule has 2 N–H and O–H groups in total. The van der Waals surface area contributed by atoms with E-state index in [0.29, 0.717) is 30.2 Å². The molecule has 0 aromatic carbocycles. The number of guanidine groups is 1. The van der Waals surface area contributed by atoms with Gasteiger partial charge in [0.25, 0.3) is 0 Å². The van der Waals surface area contributed by atoms with E-state index in [4.69, 9.17) is 4.74 Å². The lowest BCUT2D eigenvalue weighted by atomic mass is 9.96. The lowest BCUT2D eigenvalue weighted by molar-refractivity contribution is 0.0991. The topological polar surface area (TPSA) is 48.9 Å². The smallest absolute Gasteiger partial charge is 0.191 e. The predicted molar refractivity (Wildman–Crippen MR) is 99.5 cm³/mol. The minimum absolute atomic E-state index is 0.389. The number of rotatable bonds is 5. The fourth-order valence-electron chi connectivity index (χ4n) is 4.57. The van der Waals surface area contributed by atoms with Crippen molar-refractivity contribution in [1.29, 1.82) is 0 Å². The molecule has 2 bridgehead atoms. The summed E-state index contributed by atoms with van der Waals surface area (Å²) in [6.07, 6.45) is 9.90. The Labute approximate surface area is 147 Å². The average molecular weight is 337 g/mol. The number of hydrogen-bond acceptors (Lipinski definition) is 3. The summed E-state index contributed by atoms with van der Waals surface area (Å²) in [6, 6.07) is 1.02. The minimum Gasteiger partial charge on any atom is -0.373 e. The van der Waals surface area contributed by atoms with Crippen LogP contribution < -0.4 is 10.6 Å². The molecule has 0 saturated carbocycles. The molecule has 3 aliphatic rings. The highest BCUT2D eigenvalue weighted by molar-refractivity contribution is 5.80. The van der Waals surface area contributed by atoms with Gasteiger partial charge in [-0.05, 0) is 51.1 Å². The highest BCUT2D eigenvalue weighted by Crippen LogP contribution is 2.34. The second-order valence-corrected chi connectivity index (χ2v) is 8.08. The zero-order valence-corrected chi connectivity index (χ0v) is 15.8. The summed E-state index contributed by atoms with van der Waals surface area (Å²) in [5, 5.41) is 7.20. The fraction of sp³-hybridized carbons (Fsp3) is 0.947. The van der Waals surface area contributed by atoms with Crippen molar-refractivity contribution in [2.75, 3.05) is 26.7 Å². The van der Waals surface area contributed by atoms with Crippen LogP contribution in [0.4, 0.5) is 0 Å². The first-order valence-corrected chi connectivity index (χ1v) is 10.0. The molecule has 5 heteroatoms. The van der Waals surface area contributed by atoms with Crippen molar-refractivity contribution in [2.24, 2.45) is 10.9 Å². The van der Waals surface area contributed by atoms with Crippen LogP contribution in [0.2, 0.25) is 0 Å². The van der Waals surface area contributed by atoms with Crippen LogP contribution in [0.5, 0.6) is 0 Å². The molecule has 3 heterocycles. The SMILES string of the molecule is CN=C(NCC(C(C)C)N1CCCCCC1)NC1CC2CCC1O2. The van der Waals surface area contributed by atoms with Crippen molar-refractivity contribution in [3.05, 3.63) is 0 Å². The van der Waals surface area contributed by atoms with Crippen LogP contribution in [0, 0.1) is 5.92 Å². The summed E-state index contributed by atoms with van der Waals surface area (Å²) in [5.41, 5.74) is 0. The highest BCUT2D eigenvalue weighted by Gasteiger charge is 2.41. The maximum Gasteiger partial charge on any atom is 0.191 e. The Hall–Kier alpha value is -0.810. The van der Waals surface area contributed by atoms with Crippen molar-refractivity contribution in [3.8, 4) is 0 Å². The molecule has 3 rings (SSSR count). The molecule has 0 amide bonds. The van der Waals surface area contributed by atoms with Gasteiger partial charge in [-0.25, -0.2) is 0 Å². The van der Waals surface area contributed by atoms with Crippen molar-refractivity contribution in [3.63, 3.8) is 0 Å². The van der Waals surface area contributed by atoms with E-state index in [9.17, 15) is 0 Å². The standard InChI is InChI=1S/C19H36N4O/c1-14(2)17(23-10-6-4-5-7-11-23)13-21-19(20-3)22-16-12-15-8-9-18(16)24-15/h14-18H,4-13H2,1-3H3,(H2,20,21,22).